The van der Waals surface area contributed by atoms with E-state index in [0.717, 1.165) is 17.3 Å². The molecular weight excluding hydrogens is 474 g/mol. The number of carboxylic acid groups (broad SMARTS) is 1. The smallest absolute Gasteiger partial charge is 0.342 e. The molecule has 0 aliphatic heterocycles. The SMILES string of the molecule is Cc1ncc([N+](=O)[O-])n1CCOC(=O)CN(CC(=O)[O-])CC(=O)OCCn1c([N+](=O)[O-])cnc1C. The molecule has 17 nitrogen and oxygen atoms in total. The zero-order chi connectivity index (χ0) is 26.1. The second kappa shape index (κ2) is 12.2. The van der Waals surface area contributed by atoms with E-state index in [2.05, 4.69) is 9.97 Å². The van der Waals surface area contributed by atoms with E-state index in [1.165, 1.54) is 23.0 Å². The molecule has 0 fully saturated rings. The van der Waals surface area contributed by atoms with Crippen molar-refractivity contribution in [2.24, 2.45) is 0 Å². The van der Waals surface area contributed by atoms with Crippen molar-refractivity contribution in [3.63, 3.8) is 0 Å². The maximum atomic E-state index is 12.1. The topological polar surface area (TPSA) is 218 Å². The summed E-state index contributed by atoms with van der Waals surface area (Å²) in [6.07, 6.45) is 2.13. The lowest BCUT2D eigenvalue weighted by Gasteiger charge is -2.20. The zero-order valence-corrected chi connectivity index (χ0v) is 18.8. The lowest BCUT2D eigenvalue weighted by Crippen LogP contribution is -2.44. The largest absolute Gasteiger partial charge is 0.549 e. The summed E-state index contributed by atoms with van der Waals surface area (Å²) in [4.78, 5) is 64.4. The standard InChI is InChI=1S/C18H23N7O10/c1-12-19-7-14(24(30)31)22(12)3-5-34-17(28)10-21(9-16(26)27)11-18(29)35-6-4-23-13(2)20-8-15(23)25(32)33/h7-8H,3-6,9-11H2,1-2H3,(H,26,27)/p-1. The van der Waals surface area contributed by atoms with Crippen LogP contribution in [-0.2, 0) is 36.9 Å². The molecule has 35 heavy (non-hydrogen) atoms. The average Bonchev–Trinajstić information content (AvgIpc) is 3.30. The Balaban J connectivity index is 1.84. The highest BCUT2D eigenvalue weighted by Gasteiger charge is 2.21. The van der Waals surface area contributed by atoms with E-state index in [4.69, 9.17) is 9.47 Å². The molecule has 0 unspecified atom stereocenters. The lowest BCUT2D eigenvalue weighted by molar-refractivity contribution is -0.392. The fourth-order valence-corrected chi connectivity index (χ4v) is 3.06. The maximum Gasteiger partial charge on any atom is 0.342 e. The number of aromatic nitrogens is 4. The third-order valence-electron chi connectivity index (χ3n) is 4.66. The van der Waals surface area contributed by atoms with E-state index in [0.29, 0.717) is 11.6 Å². The first kappa shape index (κ1) is 26.8. The number of rotatable bonds is 14. The molecule has 0 radical (unpaired) electrons. The van der Waals surface area contributed by atoms with Gasteiger partial charge in [0.25, 0.3) is 0 Å². The first-order valence-corrected chi connectivity index (χ1v) is 10.1. The van der Waals surface area contributed by atoms with E-state index >= 15 is 0 Å². The minimum absolute atomic E-state index is 0.0593. The fraction of sp³-hybridized carbons (Fsp3) is 0.500. The third-order valence-corrected chi connectivity index (χ3v) is 4.66. The molecule has 2 aromatic heterocycles. The van der Waals surface area contributed by atoms with Gasteiger partial charge in [-0.1, -0.05) is 0 Å². The third kappa shape index (κ3) is 7.84. The number of imidazole rings is 2. The van der Waals surface area contributed by atoms with Gasteiger partial charge < -0.3 is 39.6 Å². The van der Waals surface area contributed by atoms with Crippen LogP contribution in [0, 0.1) is 34.1 Å². The molecule has 2 aromatic rings. The Morgan fingerprint density at radius 2 is 1.26 bits per heavy atom. The quantitative estimate of drug-likeness (QED) is 0.163. The Kier molecular flexibility index (Phi) is 9.33. The van der Waals surface area contributed by atoms with Gasteiger partial charge >= 0.3 is 23.6 Å². The number of hydrogen-bond donors (Lipinski definition) is 0. The Bertz CT molecular complexity index is 1030. The van der Waals surface area contributed by atoms with E-state index in [9.17, 15) is 39.7 Å². The Morgan fingerprint density at radius 1 is 0.857 bits per heavy atom. The van der Waals surface area contributed by atoms with Crippen molar-refractivity contribution in [2.75, 3.05) is 32.8 Å². The van der Waals surface area contributed by atoms with Crippen molar-refractivity contribution in [1.29, 1.82) is 0 Å². The molecule has 0 bridgehead atoms. The highest BCUT2D eigenvalue weighted by atomic mass is 16.6. The van der Waals surface area contributed by atoms with Crippen LogP contribution in [0.15, 0.2) is 12.4 Å². The first-order valence-electron chi connectivity index (χ1n) is 10.1. The molecule has 0 amide bonds. The van der Waals surface area contributed by atoms with Crippen LogP contribution in [0.1, 0.15) is 11.6 Å². The molecule has 0 atom stereocenters. The summed E-state index contributed by atoms with van der Waals surface area (Å²) in [6, 6.07) is 0. The van der Waals surface area contributed by atoms with Crippen molar-refractivity contribution in [1.82, 2.24) is 24.0 Å². The van der Waals surface area contributed by atoms with Gasteiger partial charge in [-0.3, -0.25) is 14.5 Å². The molecule has 17 heteroatoms. The number of aryl methyl sites for hydroxylation is 2. The first-order chi connectivity index (χ1) is 16.5. The Labute approximate surface area is 197 Å². The summed E-state index contributed by atoms with van der Waals surface area (Å²) in [7, 11) is 0. The van der Waals surface area contributed by atoms with Crippen LogP contribution in [0.4, 0.5) is 11.6 Å². The molecule has 190 valence electrons. The van der Waals surface area contributed by atoms with Crippen LogP contribution in [-0.4, -0.2) is 84.6 Å². The summed E-state index contributed by atoms with van der Waals surface area (Å²) in [5.41, 5.74) is 0. The van der Waals surface area contributed by atoms with E-state index in [1.807, 2.05) is 0 Å². The number of carbonyl (C=O) groups is 3. The maximum absolute atomic E-state index is 12.1. The molecule has 0 aliphatic rings. The van der Waals surface area contributed by atoms with Crippen LogP contribution < -0.4 is 5.11 Å². The highest BCUT2D eigenvalue weighted by molar-refractivity contribution is 5.77. The molecule has 0 aromatic carbocycles. The number of hydrogen-bond acceptors (Lipinski definition) is 13. The van der Waals surface area contributed by atoms with Gasteiger partial charge in [0, 0.05) is 20.4 Å². The van der Waals surface area contributed by atoms with Crippen LogP contribution >= 0.6 is 0 Å². The minimum Gasteiger partial charge on any atom is -0.549 e. The van der Waals surface area contributed by atoms with E-state index in [1.54, 1.807) is 0 Å². The van der Waals surface area contributed by atoms with Gasteiger partial charge in [0.1, 0.15) is 38.7 Å². The number of nitro groups is 2. The minimum atomic E-state index is -1.56. The predicted molar refractivity (Wildman–Crippen MR) is 111 cm³/mol. The van der Waals surface area contributed by atoms with Gasteiger partial charge in [0.2, 0.25) is 0 Å². The van der Waals surface area contributed by atoms with E-state index < -0.39 is 47.4 Å². The number of ether oxygens (including phenoxy) is 2. The normalized spacial score (nSPS) is 10.8. The van der Waals surface area contributed by atoms with Crippen molar-refractivity contribution in [3.8, 4) is 0 Å². The number of nitrogens with zero attached hydrogens (tertiary/aromatic N) is 7. The Morgan fingerprint density at radius 3 is 1.60 bits per heavy atom. The molecule has 0 N–H and O–H groups in total. The predicted octanol–water partition coefficient (Wildman–Crippen LogP) is -1.65. The van der Waals surface area contributed by atoms with Crippen molar-refractivity contribution < 1.29 is 38.8 Å². The van der Waals surface area contributed by atoms with Gasteiger partial charge in [0.15, 0.2) is 11.6 Å². The second-order valence-corrected chi connectivity index (χ2v) is 7.10. The van der Waals surface area contributed by atoms with Gasteiger partial charge in [-0.2, -0.15) is 0 Å². The summed E-state index contributed by atoms with van der Waals surface area (Å²) in [5.74, 6) is -3.21. The molecule has 2 heterocycles. The lowest BCUT2D eigenvalue weighted by atomic mass is 10.4. The fourth-order valence-electron chi connectivity index (χ4n) is 3.06. The molecular formula is C18H22N7O10-. The molecule has 0 saturated carbocycles. The number of carbonyl (C=O) groups excluding carboxylic acids is 3. The van der Waals surface area contributed by atoms with Crippen LogP contribution in [0.2, 0.25) is 0 Å². The number of carboxylic acids is 1. The highest BCUT2D eigenvalue weighted by Crippen LogP contribution is 2.14. The zero-order valence-electron chi connectivity index (χ0n) is 18.8. The monoisotopic (exact) mass is 496 g/mol. The van der Waals surface area contributed by atoms with Gasteiger partial charge in [-0.15, -0.1) is 0 Å². The van der Waals surface area contributed by atoms with Gasteiger partial charge in [-0.25, -0.2) is 19.1 Å². The molecule has 0 spiro atoms. The summed E-state index contributed by atoms with van der Waals surface area (Å²) < 4.78 is 12.4. The van der Waals surface area contributed by atoms with Gasteiger partial charge in [-0.05, 0) is 9.85 Å². The number of aliphatic carboxylic acids is 1. The van der Waals surface area contributed by atoms with Crippen molar-refractivity contribution in [3.05, 3.63) is 44.3 Å². The van der Waals surface area contributed by atoms with Crippen LogP contribution in [0.5, 0.6) is 0 Å². The number of esters is 2. The van der Waals surface area contributed by atoms with E-state index in [-0.39, 0.29) is 37.9 Å². The van der Waals surface area contributed by atoms with Crippen molar-refractivity contribution in [2.45, 2.75) is 26.9 Å². The molecule has 2 rings (SSSR count). The Hall–Kier alpha value is -4.41. The van der Waals surface area contributed by atoms with Crippen LogP contribution in [0.25, 0.3) is 0 Å². The van der Waals surface area contributed by atoms with Gasteiger partial charge in [0.05, 0.1) is 19.1 Å². The summed E-state index contributed by atoms with van der Waals surface area (Å²) >= 11 is 0. The molecule has 0 aliphatic carbocycles. The van der Waals surface area contributed by atoms with Crippen molar-refractivity contribution >= 4 is 29.5 Å². The average molecular weight is 496 g/mol. The molecule has 0 saturated heterocycles. The summed E-state index contributed by atoms with van der Waals surface area (Å²) in [6.45, 7) is 0.463. The second-order valence-electron chi connectivity index (χ2n) is 7.10. The summed E-state index contributed by atoms with van der Waals surface area (Å²) in [5, 5.41) is 32.9. The van der Waals surface area contributed by atoms with Crippen LogP contribution in [0.3, 0.4) is 0 Å².